The standard InChI is InChI=1S/C12H9FN2OS/c13-8-3-5-9(6-4-8)15-11(16)10-2-1-7-14-12(10)17/h1-7H,(H,14,17)(H,15,16). The minimum atomic E-state index is -0.347. The fraction of sp³-hybridized carbons (Fsp3) is 0. The zero-order chi connectivity index (χ0) is 12.3. The van der Waals surface area contributed by atoms with Crippen molar-refractivity contribution in [1.82, 2.24) is 4.98 Å². The number of carbonyl (C=O) groups is 1. The Hall–Kier alpha value is -2.01. The summed E-state index contributed by atoms with van der Waals surface area (Å²) in [6, 6.07) is 8.85. The molecule has 0 bridgehead atoms. The number of pyridine rings is 1. The van der Waals surface area contributed by atoms with Gasteiger partial charge in [0.15, 0.2) is 0 Å². The van der Waals surface area contributed by atoms with Gasteiger partial charge in [0.05, 0.1) is 5.56 Å². The van der Waals surface area contributed by atoms with Gasteiger partial charge in [-0.2, -0.15) is 0 Å². The van der Waals surface area contributed by atoms with E-state index in [1.165, 1.54) is 24.3 Å². The molecular formula is C12H9FN2OS. The molecule has 0 radical (unpaired) electrons. The number of anilines is 1. The van der Waals surface area contributed by atoms with Crippen LogP contribution in [0.3, 0.4) is 0 Å². The number of aromatic nitrogens is 1. The number of hydrogen-bond donors (Lipinski definition) is 2. The number of hydrogen-bond acceptors (Lipinski definition) is 2. The van der Waals surface area contributed by atoms with Crippen LogP contribution in [0.5, 0.6) is 0 Å². The van der Waals surface area contributed by atoms with Gasteiger partial charge < -0.3 is 10.3 Å². The molecule has 0 aliphatic rings. The average Bonchev–Trinajstić information content (AvgIpc) is 2.32. The van der Waals surface area contributed by atoms with E-state index in [1.54, 1.807) is 18.3 Å². The Bertz CT molecular complexity index is 592. The second kappa shape index (κ2) is 4.88. The number of aromatic amines is 1. The first-order valence-electron chi connectivity index (χ1n) is 4.91. The first-order valence-corrected chi connectivity index (χ1v) is 5.32. The number of amides is 1. The molecule has 0 unspecified atom stereocenters. The van der Waals surface area contributed by atoms with Gasteiger partial charge in [-0.05, 0) is 36.4 Å². The van der Waals surface area contributed by atoms with Crippen LogP contribution in [-0.2, 0) is 0 Å². The van der Waals surface area contributed by atoms with E-state index in [2.05, 4.69) is 10.3 Å². The Balaban J connectivity index is 2.20. The zero-order valence-corrected chi connectivity index (χ0v) is 9.55. The molecule has 5 heteroatoms. The van der Waals surface area contributed by atoms with Gasteiger partial charge in [-0.25, -0.2) is 4.39 Å². The largest absolute Gasteiger partial charge is 0.352 e. The van der Waals surface area contributed by atoms with Crippen LogP contribution in [0.25, 0.3) is 0 Å². The van der Waals surface area contributed by atoms with Crippen LogP contribution in [0.2, 0.25) is 0 Å². The number of benzene rings is 1. The molecule has 1 heterocycles. The summed E-state index contributed by atoms with van der Waals surface area (Å²) in [5.74, 6) is -0.668. The smallest absolute Gasteiger partial charge is 0.258 e. The Morgan fingerprint density at radius 2 is 1.94 bits per heavy atom. The van der Waals surface area contributed by atoms with Crippen LogP contribution < -0.4 is 5.32 Å². The molecule has 86 valence electrons. The molecule has 3 nitrogen and oxygen atoms in total. The minimum absolute atomic E-state index is 0.321. The first kappa shape index (κ1) is 11.5. The molecule has 0 saturated carbocycles. The molecule has 2 N–H and O–H groups in total. The van der Waals surface area contributed by atoms with Gasteiger partial charge in [0.2, 0.25) is 0 Å². The summed E-state index contributed by atoms with van der Waals surface area (Å²) in [6.45, 7) is 0. The highest BCUT2D eigenvalue weighted by Gasteiger charge is 2.07. The summed E-state index contributed by atoms with van der Waals surface area (Å²) >= 11 is 4.99. The van der Waals surface area contributed by atoms with Gasteiger partial charge in [-0.15, -0.1) is 0 Å². The van der Waals surface area contributed by atoms with Crippen molar-refractivity contribution in [3.8, 4) is 0 Å². The highest BCUT2D eigenvalue weighted by molar-refractivity contribution is 7.71. The third-order valence-electron chi connectivity index (χ3n) is 2.16. The fourth-order valence-corrected chi connectivity index (χ4v) is 1.56. The Labute approximate surface area is 102 Å². The van der Waals surface area contributed by atoms with Gasteiger partial charge in [0.25, 0.3) is 5.91 Å². The van der Waals surface area contributed by atoms with Crippen LogP contribution in [0.4, 0.5) is 10.1 Å². The predicted octanol–water partition coefficient (Wildman–Crippen LogP) is 3.14. The molecule has 1 aromatic heterocycles. The lowest BCUT2D eigenvalue weighted by Crippen LogP contribution is -2.12. The van der Waals surface area contributed by atoms with Crippen molar-refractivity contribution in [3.63, 3.8) is 0 Å². The number of H-pyrrole nitrogens is 1. The van der Waals surface area contributed by atoms with Crippen molar-refractivity contribution in [2.45, 2.75) is 0 Å². The predicted molar refractivity (Wildman–Crippen MR) is 66.0 cm³/mol. The summed E-state index contributed by atoms with van der Waals surface area (Å²) in [6.07, 6.45) is 1.65. The lowest BCUT2D eigenvalue weighted by Gasteiger charge is -2.04. The van der Waals surface area contributed by atoms with Crippen molar-refractivity contribution in [3.05, 3.63) is 58.6 Å². The Kier molecular flexibility index (Phi) is 3.30. The maximum absolute atomic E-state index is 12.7. The zero-order valence-electron chi connectivity index (χ0n) is 8.74. The molecule has 0 aliphatic heterocycles. The van der Waals surface area contributed by atoms with Gasteiger partial charge in [-0.1, -0.05) is 12.2 Å². The van der Waals surface area contributed by atoms with E-state index in [0.717, 1.165) is 0 Å². The summed E-state index contributed by atoms with van der Waals surface area (Å²) < 4.78 is 13.0. The topological polar surface area (TPSA) is 44.9 Å². The molecular weight excluding hydrogens is 239 g/mol. The monoisotopic (exact) mass is 248 g/mol. The molecule has 1 amide bonds. The average molecular weight is 248 g/mol. The maximum atomic E-state index is 12.7. The summed E-state index contributed by atoms with van der Waals surface area (Å²) in [5, 5.41) is 2.63. The Morgan fingerprint density at radius 1 is 1.24 bits per heavy atom. The lowest BCUT2D eigenvalue weighted by molar-refractivity contribution is 0.102. The van der Waals surface area contributed by atoms with E-state index >= 15 is 0 Å². The molecule has 17 heavy (non-hydrogen) atoms. The molecule has 2 aromatic rings. The molecule has 0 atom stereocenters. The third-order valence-corrected chi connectivity index (χ3v) is 2.50. The van der Waals surface area contributed by atoms with E-state index in [4.69, 9.17) is 12.2 Å². The van der Waals surface area contributed by atoms with E-state index in [0.29, 0.717) is 15.9 Å². The van der Waals surface area contributed by atoms with Crippen LogP contribution in [0.15, 0.2) is 42.6 Å². The highest BCUT2D eigenvalue weighted by Crippen LogP contribution is 2.10. The van der Waals surface area contributed by atoms with E-state index in [-0.39, 0.29) is 11.7 Å². The van der Waals surface area contributed by atoms with Gasteiger partial charge in [0, 0.05) is 11.9 Å². The number of halogens is 1. The third kappa shape index (κ3) is 2.76. The van der Waals surface area contributed by atoms with Crippen molar-refractivity contribution in [2.75, 3.05) is 5.32 Å². The Morgan fingerprint density at radius 3 is 2.59 bits per heavy atom. The highest BCUT2D eigenvalue weighted by atomic mass is 32.1. The van der Waals surface area contributed by atoms with Crippen molar-refractivity contribution < 1.29 is 9.18 Å². The second-order valence-electron chi connectivity index (χ2n) is 3.37. The fourth-order valence-electron chi connectivity index (χ4n) is 1.33. The maximum Gasteiger partial charge on any atom is 0.258 e. The quantitative estimate of drug-likeness (QED) is 0.802. The normalized spacial score (nSPS) is 9.94. The van der Waals surface area contributed by atoms with Gasteiger partial charge in [-0.3, -0.25) is 4.79 Å². The van der Waals surface area contributed by atoms with Gasteiger partial charge >= 0.3 is 0 Å². The van der Waals surface area contributed by atoms with Crippen molar-refractivity contribution in [1.29, 1.82) is 0 Å². The van der Waals surface area contributed by atoms with Crippen LogP contribution in [-0.4, -0.2) is 10.9 Å². The van der Waals surface area contributed by atoms with Gasteiger partial charge in [0.1, 0.15) is 10.5 Å². The van der Waals surface area contributed by atoms with E-state index in [1.807, 2.05) is 0 Å². The molecule has 2 rings (SSSR count). The number of rotatable bonds is 2. The molecule has 0 saturated heterocycles. The summed E-state index contributed by atoms with van der Waals surface area (Å²) in [4.78, 5) is 14.6. The molecule has 0 aliphatic carbocycles. The molecule has 1 aromatic carbocycles. The SMILES string of the molecule is O=C(Nc1ccc(F)cc1)c1ccc[nH]c1=S. The van der Waals surface area contributed by atoms with Crippen LogP contribution in [0, 0.1) is 10.5 Å². The molecule has 0 fully saturated rings. The summed E-state index contributed by atoms with van der Waals surface area (Å²) in [5.41, 5.74) is 0.904. The van der Waals surface area contributed by atoms with Crippen LogP contribution >= 0.6 is 12.2 Å². The van der Waals surface area contributed by atoms with Crippen molar-refractivity contribution in [2.24, 2.45) is 0 Å². The van der Waals surface area contributed by atoms with E-state index in [9.17, 15) is 9.18 Å². The minimum Gasteiger partial charge on any atom is -0.352 e. The van der Waals surface area contributed by atoms with Crippen molar-refractivity contribution >= 4 is 23.8 Å². The number of nitrogens with one attached hydrogen (secondary N) is 2. The summed E-state index contributed by atoms with van der Waals surface area (Å²) in [7, 11) is 0. The first-order chi connectivity index (χ1) is 8.16. The lowest BCUT2D eigenvalue weighted by atomic mass is 10.2. The number of carbonyl (C=O) groups excluding carboxylic acids is 1. The molecule has 0 spiro atoms. The van der Waals surface area contributed by atoms with E-state index < -0.39 is 0 Å². The second-order valence-corrected chi connectivity index (χ2v) is 3.78. The van der Waals surface area contributed by atoms with Crippen LogP contribution in [0.1, 0.15) is 10.4 Å².